The number of unbranched alkanes of at least 4 members (excludes halogenated alkanes) is 3. The number of halogens is 2. The van der Waals surface area contributed by atoms with Crippen molar-refractivity contribution in [3.63, 3.8) is 0 Å². The maximum absolute atomic E-state index is 12.8. The van der Waals surface area contributed by atoms with Crippen molar-refractivity contribution in [2.24, 2.45) is 0 Å². The molecule has 0 saturated heterocycles. The van der Waals surface area contributed by atoms with Crippen LogP contribution in [-0.2, 0) is 24.3 Å². The number of urea groups is 1. The molecule has 0 unspecified atom stereocenters. The van der Waals surface area contributed by atoms with Gasteiger partial charge in [0.2, 0.25) is 4.84 Å². The predicted octanol–water partition coefficient (Wildman–Crippen LogP) is 8.61. The maximum atomic E-state index is 12.8. The monoisotopic (exact) mass is 760 g/mol. The zero-order valence-electron chi connectivity index (χ0n) is 30.9. The summed E-state index contributed by atoms with van der Waals surface area (Å²) in [5.41, 5.74) is 1.27. The summed E-state index contributed by atoms with van der Waals surface area (Å²) in [6.45, 7) is 12.4. The Morgan fingerprint density at radius 2 is 1.27 bits per heavy atom. The number of hydrogen-bond donors (Lipinski definition) is 2. The van der Waals surface area contributed by atoms with Crippen molar-refractivity contribution in [2.45, 2.75) is 81.1 Å². The van der Waals surface area contributed by atoms with Crippen LogP contribution < -0.4 is 20.1 Å². The minimum Gasteiger partial charge on any atom is -0.497 e. The van der Waals surface area contributed by atoms with Gasteiger partial charge in [-0.15, -0.1) is 0 Å². The van der Waals surface area contributed by atoms with Gasteiger partial charge in [-0.3, -0.25) is 0 Å². The molecule has 3 aromatic rings. The van der Waals surface area contributed by atoms with E-state index in [4.69, 9.17) is 46.6 Å². The van der Waals surface area contributed by atoms with E-state index in [-0.39, 0.29) is 24.2 Å². The number of alkyl halides is 2. The fraction of sp³-hybridized carbons (Fsp3) is 0.487. The summed E-state index contributed by atoms with van der Waals surface area (Å²) in [7, 11) is 1.48. The van der Waals surface area contributed by atoms with Crippen LogP contribution in [0.5, 0.6) is 11.5 Å². The highest BCUT2D eigenvalue weighted by molar-refractivity contribution is 6.74. The number of carbonyl (C=O) groups is 2. The van der Waals surface area contributed by atoms with Gasteiger partial charge in [-0.05, 0) is 71.9 Å². The number of nitrogens with one attached hydrogen (secondary N) is 2. The quantitative estimate of drug-likeness (QED) is 0.0391. The van der Waals surface area contributed by atoms with Crippen LogP contribution in [0.25, 0.3) is 0 Å². The van der Waals surface area contributed by atoms with Crippen molar-refractivity contribution in [3.8, 4) is 11.5 Å². The maximum Gasteiger partial charge on any atom is 0.339 e. The first-order valence-corrected chi connectivity index (χ1v) is 21.1. The Hall–Kier alpha value is -3.28. The summed E-state index contributed by atoms with van der Waals surface area (Å²) >= 11 is 11.7. The van der Waals surface area contributed by atoms with Crippen LogP contribution in [0.4, 0.5) is 4.79 Å². The second kappa shape index (κ2) is 20.1. The summed E-state index contributed by atoms with van der Waals surface area (Å²) in [5, 5.41) is 5.90. The molecular weight excluding hydrogens is 707 g/mol. The molecule has 0 bridgehead atoms. The number of rotatable bonds is 20. The fourth-order valence-electron chi connectivity index (χ4n) is 5.24. The number of esters is 1. The van der Waals surface area contributed by atoms with E-state index in [1.807, 2.05) is 78.9 Å². The third kappa shape index (κ3) is 12.4. The van der Waals surface area contributed by atoms with Gasteiger partial charge in [-0.25, -0.2) is 9.59 Å². The second-order valence-electron chi connectivity index (χ2n) is 13.8. The van der Waals surface area contributed by atoms with Crippen molar-refractivity contribution >= 4 is 43.5 Å². The summed E-state index contributed by atoms with van der Waals surface area (Å²) in [6, 6.07) is 24.5. The molecule has 0 spiro atoms. The Bertz CT molecular complexity index is 1440. The minimum absolute atomic E-state index is 0.0427. The smallest absolute Gasteiger partial charge is 0.339 e. The molecule has 9 nitrogen and oxygen atoms in total. The highest BCUT2D eigenvalue weighted by Crippen LogP contribution is 2.42. The summed E-state index contributed by atoms with van der Waals surface area (Å²) in [4.78, 5) is 24.0. The standard InChI is InChI=1S/C39H54Cl2N2O7Si/c1-38(2,3)51(6,7)49-26-14-9-8-13-25-42-37(45)43-27-34(50-36(44)35(40)41)28-48-39(29-15-11-10-12-16-29,30-17-21-32(46-4)22-18-30)31-19-23-33(47-5)24-20-31/h10-12,15-24,34-35H,8-9,13-14,25-28H2,1-7H3,(H2,42,43,45)/t34-/m1/s1. The number of benzene rings is 3. The first-order valence-electron chi connectivity index (χ1n) is 17.4. The summed E-state index contributed by atoms with van der Waals surface area (Å²) in [5.74, 6) is 0.526. The lowest BCUT2D eigenvalue weighted by atomic mass is 9.80. The molecule has 2 amide bonds. The Morgan fingerprint density at radius 3 is 1.78 bits per heavy atom. The van der Waals surface area contributed by atoms with Crippen LogP contribution in [0.3, 0.4) is 0 Å². The van der Waals surface area contributed by atoms with E-state index in [0.29, 0.717) is 18.0 Å². The van der Waals surface area contributed by atoms with E-state index in [2.05, 4.69) is 44.5 Å². The van der Waals surface area contributed by atoms with Gasteiger partial charge in [0, 0.05) is 13.2 Å². The number of amides is 2. The number of methoxy groups -OCH3 is 2. The predicted molar refractivity (Wildman–Crippen MR) is 207 cm³/mol. The van der Waals surface area contributed by atoms with Gasteiger partial charge in [0.25, 0.3) is 0 Å². The first-order chi connectivity index (χ1) is 24.2. The van der Waals surface area contributed by atoms with Crippen molar-refractivity contribution in [1.82, 2.24) is 10.6 Å². The zero-order valence-corrected chi connectivity index (χ0v) is 33.4. The Labute approximate surface area is 314 Å². The molecule has 0 aliphatic carbocycles. The van der Waals surface area contributed by atoms with E-state index in [1.54, 1.807) is 14.2 Å². The lowest BCUT2D eigenvalue weighted by Gasteiger charge is -2.37. The summed E-state index contributed by atoms with van der Waals surface area (Å²) in [6.07, 6.45) is 2.89. The van der Waals surface area contributed by atoms with Gasteiger partial charge >= 0.3 is 12.0 Å². The van der Waals surface area contributed by atoms with Crippen LogP contribution in [0.1, 0.15) is 63.1 Å². The van der Waals surface area contributed by atoms with Crippen molar-refractivity contribution in [3.05, 3.63) is 95.6 Å². The molecule has 0 aromatic heterocycles. The van der Waals surface area contributed by atoms with Crippen LogP contribution in [0.2, 0.25) is 18.1 Å². The third-order valence-corrected chi connectivity index (χ3v) is 14.1. The van der Waals surface area contributed by atoms with E-state index in [0.717, 1.165) is 49.0 Å². The lowest BCUT2D eigenvalue weighted by molar-refractivity contribution is -0.152. The molecule has 0 saturated carbocycles. The highest BCUT2D eigenvalue weighted by Gasteiger charge is 2.39. The molecule has 1 atom stereocenters. The average molecular weight is 762 g/mol. The molecule has 0 aliphatic heterocycles. The SMILES string of the molecule is COc1ccc(C(OC[C@@H](CNC(=O)NCCCCCCO[Si](C)(C)C(C)(C)C)OC(=O)C(Cl)Cl)(c2ccccc2)c2ccc(OC)cc2)cc1. The molecule has 0 heterocycles. The molecule has 0 radical (unpaired) electrons. The van der Waals surface area contributed by atoms with E-state index in [9.17, 15) is 9.59 Å². The van der Waals surface area contributed by atoms with Gasteiger partial charge in [-0.2, -0.15) is 0 Å². The Kier molecular flexibility index (Phi) is 16.6. The Balaban J connectivity index is 1.71. The summed E-state index contributed by atoms with van der Waals surface area (Å²) < 4.78 is 29.6. The van der Waals surface area contributed by atoms with Gasteiger partial charge in [-0.1, -0.05) is 111 Å². The fourth-order valence-corrected chi connectivity index (χ4v) is 6.43. The van der Waals surface area contributed by atoms with E-state index >= 15 is 0 Å². The zero-order chi connectivity index (χ0) is 37.5. The average Bonchev–Trinajstić information content (AvgIpc) is 3.12. The van der Waals surface area contributed by atoms with Crippen LogP contribution in [0, 0.1) is 0 Å². The van der Waals surface area contributed by atoms with Crippen LogP contribution >= 0.6 is 23.2 Å². The van der Waals surface area contributed by atoms with Crippen LogP contribution in [0.15, 0.2) is 78.9 Å². The normalized spacial score (nSPS) is 12.7. The largest absolute Gasteiger partial charge is 0.497 e. The van der Waals surface area contributed by atoms with E-state index < -0.39 is 30.8 Å². The lowest BCUT2D eigenvalue weighted by Crippen LogP contribution is -2.45. The van der Waals surface area contributed by atoms with Gasteiger partial charge in [0.15, 0.2) is 8.32 Å². The molecular formula is C39H54Cl2N2O7Si. The number of ether oxygens (including phenoxy) is 4. The molecule has 3 aromatic carbocycles. The molecule has 12 heteroatoms. The number of carbonyl (C=O) groups excluding carboxylic acids is 2. The molecule has 0 fully saturated rings. The van der Waals surface area contributed by atoms with Crippen molar-refractivity contribution < 1.29 is 33.0 Å². The molecule has 3 rings (SSSR count). The minimum atomic E-state index is -1.74. The van der Waals surface area contributed by atoms with Gasteiger partial charge in [0.1, 0.15) is 23.2 Å². The van der Waals surface area contributed by atoms with Gasteiger partial charge in [0.05, 0.1) is 27.4 Å². The third-order valence-electron chi connectivity index (χ3n) is 9.24. The van der Waals surface area contributed by atoms with Crippen molar-refractivity contribution in [1.29, 1.82) is 0 Å². The number of hydrogen-bond acceptors (Lipinski definition) is 7. The topological polar surface area (TPSA) is 104 Å². The molecule has 51 heavy (non-hydrogen) atoms. The first kappa shape index (κ1) is 42.1. The van der Waals surface area contributed by atoms with Crippen molar-refractivity contribution in [2.75, 3.05) is 40.5 Å². The Morgan fingerprint density at radius 1 is 0.745 bits per heavy atom. The molecule has 2 N–H and O–H groups in total. The van der Waals surface area contributed by atoms with Gasteiger partial charge < -0.3 is 34.0 Å². The molecule has 280 valence electrons. The molecule has 0 aliphatic rings. The second-order valence-corrected chi connectivity index (χ2v) is 19.7. The van der Waals surface area contributed by atoms with Crippen LogP contribution in [-0.4, -0.2) is 71.8 Å². The van der Waals surface area contributed by atoms with E-state index in [1.165, 1.54) is 0 Å². The highest BCUT2D eigenvalue weighted by atomic mass is 35.5.